The Morgan fingerprint density at radius 1 is 1.23 bits per heavy atom. The van der Waals surface area contributed by atoms with E-state index in [1.807, 2.05) is 19.9 Å². The van der Waals surface area contributed by atoms with Crippen molar-refractivity contribution in [2.24, 2.45) is 5.92 Å². The molecule has 1 amide bonds. The summed E-state index contributed by atoms with van der Waals surface area (Å²) < 4.78 is 20.8. The fraction of sp³-hybridized carbons (Fsp3) is 0.308. The van der Waals surface area contributed by atoms with E-state index in [-0.39, 0.29) is 29.5 Å². The van der Waals surface area contributed by atoms with Gasteiger partial charge >= 0.3 is 0 Å². The summed E-state index contributed by atoms with van der Waals surface area (Å²) in [7, 11) is 0. The minimum atomic E-state index is -0.547. The van der Waals surface area contributed by atoms with Crippen LogP contribution in [0, 0.1) is 11.7 Å². The highest BCUT2D eigenvalue weighted by Crippen LogP contribution is 2.37. The van der Waals surface area contributed by atoms with Crippen molar-refractivity contribution in [3.63, 3.8) is 0 Å². The number of hydrogen-bond acceptors (Lipinski definition) is 6. The summed E-state index contributed by atoms with van der Waals surface area (Å²) in [4.78, 5) is 28.8. The lowest BCUT2D eigenvalue weighted by Crippen LogP contribution is -2.39. The molecule has 1 aliphatic heterocycles. The Bertz CT molecular complexity index is 1370. The minimum absolute atomic E-state index is 0.0454. The van der Waals surface area contributed by atoms with Gasteiger partial charge in [-0.05, 0) is 49.1 Å². The van der Waals surface area contributed by atoms with Crippen LogP contribution in [0.15, 0.2) is 55.1 Å². The molecule has 0 saturated carbocycles. The second kappa shape index (κ2) is 9.52. The third-order valence-corrected chi connectivity index (χ3v) is 6.28. The number of aromatic nitrogens is 4. The molecule has 180 valence electrons. The molecule has 1 saturated heterocycles. The molecule has 9 heteroatoms. The molecule has 0 aliphatic carbocycles. The van der Waals surface area contributed by atoms with Gasteiger partial charge in [0.05, 0.1) is 30.2 Å². The smallest absolute Gasteiger partial charge is 0.274 e. The summed E-state index contributed by atoms with van der Waals surface area (Å²) in [6.45, 7) is 4.01. The fourth-order valence-corrected chi connectivity index (χ4v) is 4.48. The Balaban J connectivity index is 1.40. The van der Waals surface area contributed by atoms with Crippen LogP contribution in [-0.2, 0) is 4.74 Å². The maximum absolute atomic E-state index is 14.6. The number of halogens is 1. The highest BCUT2D eigenvalue weighted by Gasteiger charge is 2.33. The van der Waals surface area contributed by atoms with Gasteiger partial charge in [0.1, 0.15) is 22.9 Å². The second-order valence-electron chi connectivity index (χ2n) is 9.06. The molecule has 3 atom stereocenters. The fourth-order valence-electron chi connectivity index (χ4n) is 4.48. The lowest BCUT2D eigenvalue weighted by Gasteiger charge is -2.37. The lowest BCUT2D eigenvalue weighted by molar-refractivity contribution is -0.137. The van der Waals surface area contributed by atoms with Crippen molar-refractivity contribution >= 4 is 22.6 Å². The summed E-state index contributed by atoms with van der Waals surface area (Å²) in [5.74, 6) is -0.892. The van der Waals surface area contributed by atoms with Crippen molar-refractivity contribution in [2.45, 2.75) is 45.0 Å². The number of carbonyl (C=O) groups excluding carboxylic acids is 1. The van der Waals surface area contributed by atoms with Crippen LogP contribution in [0.25, 0.3) is 22.3 Å². The largest absolute Gasteiger partial charge is 0.390 e. The Morgan fingerprint density at radius 2 is 2.09 bits per heavy atom. The number of pyridine rings is 3. The maximum atomic E-state index is 14.6. The second-order valence-corrected chi connectivity index (χ2v) is 9.06. The first-order valence-corrected chi connectivity index (χ1v) is 11.6. The van der Waals surface area contributed by atoms with Crippen molar-refractivity contribution in [3.8, 4) is 11.3 Å². The first-order chi connectivity index (χ1) is 16.9. The van der Waals surface area contributed by atoms with Crippen LogP contribution < -0.4 is 5.32 Å². The Labute approximate surface area is 201 Å². The molecule has 4 aromatic heterocycles. The van der Waals surface area contributed by atoms with Crippen molar-refractivity contribution < 1.29 is 19.0 Å². The Morgan fingerprint density at radius 3 is 2.91 bits per heavy atom. The zero-order chi connectivity index (χ0) is 24.5. The number of rotatable bonds is 5. The summed E-state index contributed by atoms with van der Waals surface area (Å²) in [6, 6.07) is 7.97. The van der Waals surface area contributed by atoms with E-state index in [9.17, 15) is 14.3 Å². The highest BCUT2D eigenvalue weighted by molar-refractivity contribution is 6.03. The van der Waals surface area contributed by atoms with E-state index in [0.717, 1.165) is 10.9 Å². The predicted octanol–water partition coefficient (Wildman–Crippen LogP) is 4.65. The number of anilines is 1. The molecule has 3 N–H and O–H groups in total. The highest BCUT2D eigenvalue weighted by atomic mass is 19.1. The van der Waals surface area contributed by atoms with E-state index in [1.165, 1.54) is 18.3 Å². The number of nitrogens with zero attached hydrogens (tertiary/aromatic N) is 3. The number of aromatic amines is 1. The summed E-state index contributed by atoms with van der Waals surface area (Å²) in [6.07, 6.45) is 6.58. The number of fused-ring (bicyclic) bond motifs is 1. The summed E-state index contributed by atoms with van der Waals surface area (Å²) in [5, 5.41) is 14.0. The molecule has 3 unspecified atom stereocenters. The Kier molecular flexibility index (Phi) is 6.27. The minimum Gasteiger partial charge on any atom is -0.390 e. The topological polar surface area (TPSA) is 113 Å². The number of ether oxygens (including phenoxy) is 1. The SMILES string of the molecule is CC(C)C1OC(c2ccncc2NC(=O)c2ccc(F)c(-c3cnc4[nH]ccc4c3)n2)CCC1O. The average Bonchev–Trinajstić information content (AvgIpc) is 3.33. The molecule has 0 radical (unpaired) electrons. The molecule has 5 heterocycles. The molecule has 0 bridgehead atoms. The number of aliphatic hydroxyl groups is 1. The number of amides is 1. The van der Waals surface area contributed by atoms with E-state index in [1.54, 1.807) is 30.7 Å². The third-order valence-electron chi connectivity index (χ3n) is 6.28. The molecule has 1 fully saturated rings. The third kappa shape index (κ3) is 4.65. The van der Waals surface area contributed by atoms with Crippen LogP contribution in [0.2, 0.25) is 0 Å². The molecule has 4 aromatic rings. The van der Waals surface area contributed by atoms with E-state index in [0.29, 0.717) is 29.7 Å². The van der Waals surface area contributed by atoms with Gasteiger partial charge in [0.25, 0.3) is 5.91 Å². The summed E-state index contributed by atoms with van der Waals surface area (Å²) >= 11 is 0. The van der Waals surface area contributed by atoms with Gasteiger partial charge in [0, 0.05) is 35.1 Å². The molecule has 5 rings (SSSR count). The molecule has 8 nitrogen and oxygen atoms in total. The van der Waals surface area contributed by atoms with Crippen LogP contribution in [0.5, 0.6) is 0 Å². The van der Waals surface area contributed by atoms with Crippen molar-refractivity contribution in [1.29, 1.82) is 0 Å². The number of aliphatic hydroxyl groups excluding tert-OH is 1. The molecule has 0 spiro atoms. The average molecular weight is 476 g/mol. The lowest BCUT2D eigenvalue weighted by atomic mass is 9.91. The van der Waals surface area contributed by atoms with E-state index in [2.05, 4.69) is 25.3 Å². The number of nitrogens with one attached hydrogen (secondary N) is 2. The first-order valence-electron chi connectivity index (χ1n) is 11.6. The standard InChI is InChI=1S/C26H26FN5O3/c1-14(2)24-21(33)5-6-22(35-24)17-8-9-28-13-20(17)32-26(34)19-4-3-18(27)23(31-19)16-11-15-7-10-29-25(15)30-12-16/h3-4,7-14,21-22,24,33H,5-6H2,1-2H3,(H,29,30)(H,32,34). The summed E-state index contributed by atoms with van der Waals surface area (Å²) in [5.41, 5.74) is 2.53. The zero-order valence-corrected chi connectivity index (χ0v) is 19.4. The van der Waals surface area contributed by atoms with E-state index in [4.69, 9.17) is 4.74 Å². The first kappa shape index (κ1) is 23.1. The van der Waals surface area contributed by atoms with Crippen molar-refractivity contribution in [2.75, 3.05) is 5.32 Å². The number of carbonyl (C=O) groups is 1. The van der Waals surface area contributed by atoms with Gasteiger partial charge in [-0.25, -0.2) is 14.4 Å². The normalized spacial score (nSPS) is 20.3. The van der Waals surface area contributed by atoms with E-state index >= 15 is 0 Å². The molecule has 35 heavy (non-hydrogen) atoms. The van der Waals surface area contributed by atoms with Crippen LogP contribution in [0.3, 0.4) is 0 Å². The van der Waals surface area contributed by atoms with Gasteiger partial charge in [-0.1, -0.05) is 13.8 Å². The molecule has 1 aliphatic rings. The monoisotopic (exact) mass is 475 g/mol. The molecular weight excluding hydrogens is 449 g/mol. The molecule has 0 aromatic carbocycles. The van der Waals surface area contributed by atoms with Crippen LogP contribution in [0.4, 0.5) is 10.1 Å². The van der Waals surface area contributed by atoms with Gasteiger partial charge in [-0.15, -0.1) is 0 Å². The van der Waals surface area contributed by atoms with Crippen molar-refractivity contribution in [3.05, 3.63) is 72.2 Å². The van der Waals surface area contributed by atoms with Gasteiger partial charge in [0.2, 0.25) is 0 Å². The van der Waals surface area contributed by atoms with Crippen LogP contribution in [0.1, 0.15) is 48.8 Å². The van der Waals surface area contributed by atoms with Crippen LogP contribution >= 0.6 is 0 Å². The Hall–Kier alpha value is -3.69. The van der Waals surface area contributed by atoms with Crippen molar-refractivity contribution in [1.82, 2.24) is 19.9 Å². The van der Waals surface area contributed by atoms with Gasteiger partial charge in [-0.3, -0.25) is 9.78 Å². The number of H-pyrrole nitrogens is 1. The maximum Gasteiger partial charge on any atom is 0.274 e. The molecular formula is C26H26FN5O3. The van der Waals surface area contributed by atoms with Gasteiger partial charge < -0.3 is 20.1 Å². The quantitative estimate of drug-likeness (QED) is 0.387. The number of hydrogen-bond donors (Lipinski definition) is 3. The zero-order valence-electron chi connectivity index (χ0n) is 19.4. The van der Waals surface area contributed by atoms with Gasteiger partial charge in [-0.2, -0.15) is 0 Å². The van der Waals surface area contributed by atoms with Crippen LogP contribution in [-0.4, -0.2) is 43.2 Å². The predicted molar refractivity (Wildman–Crippen MR) is 129 cm³/mol. The van der Waals surface area contributed by atoms with Gasteiger partial charge in [0.15, 0.2) is 0 Å². The van der Waals surface area contributed by atoms with E-state index < -0.39 is 17.8 Å².